The van der Waals surface area contributed by atoms with Crippen molar-refractivity contribution >= 4 is 5.90 Å². The third-order valence-electron chi connectivity index (χ3n) is 4.53. The largest absolute Gasteiger partial charge is 0.472 e. The van der Waals surface area contributed by atoms with Gasteiger partial charge < -0.3 is 4.74 Å². The monoisotopic (exact) mass is 349 g/mol. The van der Waals surface area contributed by atoms with Crippen molar-refractivity contribution in [3.05, 3.63) is 95.6 Å². The summed E-state index contributed by atoms with van der Waals surface area (Å²) in [6.07, 6.45) is -0.299. The summed E-state index contributed by atoms with van der Waals surface area (Å²) in [6, 6.07) is 21.5. The summed E-state index contributed by atoms with van der Waals surface area (Å²) in [6.45, 7) is 1.85. The van der Waals surface area contributed by atoms with Gasteiger partial charge in [-0.15, -0.1) is 0 Å². The first-order chi connectivity index (χ1) is 12.6. The highest BCUT2D eigenvalue weighted by Crippen LogP contribution is 2.33. The Bertz CT molecular complexity index is 931. The second kappa shape index (κ2) is 6.71. The van der Waals surface area contributed by atoms with Gasteiger partial charge in [0, 0.05) is 0 Å². The molecule has 0 fully saturated rings. The van der Waals surface area contributed by atoms with Crippen LogP contribution < -0.4 is 0 Å². The fourth-order valence-corrected chi connectivity index (χ4v) is 3.18. The molecule has 3 aromatic rings. The Hall–Kier alpha value is -3.01. The standard InChI is InChI=1S/C22H17F2NO/c1-14-21(25-22(26-14)20-18(23)8-5-9-19(20)24)17-12-10-16(11-13-17)15-6-3-2-4-7-15/h2-14,21H,1H3/t14?,21-/m1/s1. The van der Waals surface area contributed by atoms with Crippen LogP contribution in [0.5, 0.6) is 0 Å². The van der Waals surface area contributed by atoms with Crippen LogP contribution >= 0.6 is 0 Å². The van der Waals surface area contributed by atoms with Crippen molar-refractivity contribution < 1.29 is 13.5 Å². The average Bonchev–Trinajstić information content (AvgIpc) is 3.04. The smallest absolute Gasteiger partial charge is 0.223 e. The lowest BCUT2D eigenvalue weighted by molar-refractivity contribution is 0.213. The lowest BCUT2D eigenvalue weighted by Gasteiger charge is -2.13. The number of benzene rings is 3. The summed E-state index contributed by atoms with van der Waals surface area (Å²) >= 11 is 0. The van der Waals surface area contributed by atoms with E-state index in [2.05, 4.69) is 4.99 Å². The molecule has 0 aliphatic carbocycles. The van der Waals surface area contributed by atoms with Gasteiger partial charge in [0.25, 0.3) is 0 Å². The van der Waals surface area contributed by atoms with Gasteiger partial charge in [-0.2, -0.15) is 0 Å². The second-order valence-electron chi connectivity index (χ2n) is 6.29. The highest BCUT2D eigenvalue weighted by Gasteiger charge is 2.31. The maximum absolute atomic E-state index is 14.0. The van der Waals surface area contributed by atoms with Crippen LogP contribution in [0.2, 0.25) is 0 Å². The third kappa shape index (κ3) is 2.99. The Kier molecular flexibility index (Phi) is 4.25. The predicted molar refractivity (Wildman–Crippen MR) is 98.1 cm³/mol. The molecule has 0 N–H and O–H groups in total. The summed E-state index contributed by atoms with van der Waals surface area (Å²) < 4.78 is 33.7. The van der Waals surface area contributed by atoms with E-state index in [1.165, 1.54) is 18.2 Å². The van der Waals surface area contributed by atoms with Gasteiger partial charge in [-0.1, -0.05) is 60.7 Å². The highest BCUT2D eigenvalue weighted by molar-refractivity contribution is 5.96. The van der Waals surface area contributed by atoms with E-state index in [1.807, 2.05) is 61.5 Å². The molecule has 0 radical (unpaired) electrons. The summed E-state index contributed by atoms with van der Waals surface area (Å²) in [4.78, 5) is 4.45. The van der Waals surface area contributed by atoms with Gasteiger partial charge in [-0.3, -0.25) is 0 Å². The molecule has 0 saturated carbocycles. The van der Waals surface area contributed by atoms with Crippen molar-refractivity contribution in [2.24, 2.45) is 4.99 Å². The molecule has 0 aromatic heterocycles. The summed E-state index contributed by atoms with van der Waals surface area (Å²) in [5, 5.41) is 0. The Morgan fingerprint density at radius 3 is 2.04 bits per heavy atom. The van der Waals surface area contributed by atoms with E-state index in [-0.39, 0.29) is 23.6 Å². The van der Waals surface area contributed by atoms with E-state index in [1.54, 1.807) is 0 Å². The van der Waals surface area contributed by atoms with E-state index < -0.39 is 11.6 Å². The molecule has 4 heteroatoms. The fraction of sp³-hybridized carbons (Fsp3) is 0.136. The molecule has 1 aliphatic heterocycles. The van der Waals surface area contributed by atoms with Crippen molar-refractivity contribution in [3.63, 3.8) is 0 Å². The number of nitrogens with zero attached hydrogens (tertiary/aromatic N) is 1. The Morgan fingerprint density at radius 1 is 0.769 bits per heavy atom. The number of hydrogen-bond donors (Lipinski definition) is 0. The maximum atomic E-state index is 14.0. The topological polar surface area (TPSA) is 21.6 Å². The number of halogens is 2. The van der Waals surface area contributed by atoms with Crippen LogP contribution in [-0.2, 0) is 4.74 Å². The molecule has 0 amide bonds. The van der Waals surface area contributed by atoms with Crippen LogP contribution in [0.3, 0.4) is 0 Å². The van der Waals surface area contributed by atoms with E-state index >= 15 is 0 Å². The van der Waals surface area contributed by atoms with Gasteiger partial charge in [-0.05, 0) is 35.7 Å². The lowest BCUT2D eigenvalue weighted by Crippen LogP contribution is -2.14. The summed E-state index contributed by atoms with van der Waals surface area (Å²) in [5.41, 5.74) is 2.98. The minimum Gasteiger partial charge on any atom is -0.472 e. The molecule has 0 spiro atoms. The molecule has 3 aromatic carbocycles. The Labute approximate surface area is 150 Å². The molecule has 26 heavy (non-hydrogen) atoms. The Morgan fingerprint density at radius 2 is 1.38 bits per heavy atom. The highest BCUT2D eigenvalue weighted by atomic mass is 19.1. The summed E-state index contributed by atoms with van der Waals surface area (Å²) in [7, 11) is 0. The molecular weight excluding hydrogens is 332 g/mol. The molecule has 1 aliphatic rings. The van der Waals surface area contributed by atoms with E-state index in [4.69, 9.17) is 4.74 Å². The molecule has 2 nitrogen and oxygen atoms in total. The molecule has 2 atom stereocenters. The van der Waals surface area contributed by atoms with Crippen molar-refractivity contribution in [2.45, 2.75) is 19.1 Å². The van der Waals surface area contributed by atoms with Crippen LogP contribution in [-0.4, -0.2) is 12.0 Å². The molecule has 0 saturated heterocycles. The molecular formula is C22H17F2NO. The van der Waals surface area contributed by atoms with Crippen LogP contribution in [0.1, 0.15) is 24.1 Å². The number of rotatable bonds is 3. The minimum atomic E-state index is -0.670. The van der Waals surface area contributed by atoms with Crippen LogP contribution in [0.4, 0.5) is 8.78 Å². The van der Waals surface area contributed by atoms with E-state index in [0.717, 1.165) is 16.7 Å². The zero-order valence-corrected chi connectivity index (χ0v) is 14.2. The Balaban J connectivity index is 1.65. The number of hydrogen-bond acceptors (Lipinski definition) is 2. The van der Waals surface area contributed by atoms with Crippen LogP contribution in [0.25, 0.3) is 11.1 Å². The zero-order valence-electron chi connectivity index (χ0n) is 14.2. The first kappa shape index (κ1) is 16.5. The van der Waals surface area contributed by atoms with Gasteiger partial charge in [0.1, 0.15) is 29.3 Å². The van der Waals surface area contributed by atoms with Gasteiger partial charge in [0.15, 0.2) is 0 Å². The second-order valence-corrected chi connectivity index (χ2v) is 6.29. The maximum Gasteiger partial charge on any atom is 0.223 e. The first-order valence-corrected chi connectivity index (χ1v) is 8.48. The quantitative estimate of drug-likeness (QED) is 0.608. The van der Waals surface area contributed by atoms with Gasteiger partial charge in [0.2, 0.25) is 5.90 Å². The predicted octanol–water partition coefficient (Wildman–Crippen LogP) is 5.54. The number of ether oxygens (including phenoxy) is 1. The molecule has 130 valence electrons. The van der Waals surface area contributed by atoms with Crippen molar-refractivity contribution in [2.75, 3.05) is 0 Å². The third-order valence-corrected chi connectivity index (χ3v) is 4.53. The van der Waals surface area contributed by atoms with E-state index in [9.17, 15) is 8.78 Å². The van der Waals surface area contributed by atoms with Crippen molar-refractivity contribution in [1.29, 1.82) is 0 Å². The normalized spacial score (nSPS) is 19.1. The van der Waals surface area contributed by atoms with Crippen molar-refractivity contribution in [1.82, 2.24) is 0 Å². The van der Waals surface area contributed by atoms with Crippen LogP contribution in [0, 0.1) is 11.6 Å². The SMILES string of the molecule is CC1OC(c2c(F)cccc2F)=N[C@H]1c1ccc(-c2ccccc2)cc1. The van der Waals surface area contributed by atoms with Gasteiger partial charge in [0.05, 0.1) is 0 Å². The number of aliphatic imine (C=N–C) groups is 1. The fourth-order valence-electron chi connectivity index (χ4n) is 3.18. The van der Waals surface area contributed by atoms with Crippen LogP contribution in [0.15, 0.2) is 77.8 Å². The summed E-state index contributed by atoms with van der Waals surface area (Å²) in [5.74, 6) is -1.32. The first-order valence-electron chi connectivity index (χ1n) is 8.48. The zero-order chi connectivity index (χ0) is 18.1. The van der Waals surface area contributed by atoms with Crippen molar-refractivity contribution in [3.8, 4) is 11.1 Å². The molecule has 4 rings (SSSR count). The minimum absolute atomic E-state index is 0.0187. The molecule has 1 heterocycles. The molecule has 1 unspecified atom stereocenters. The van der Waals surface area contributed by atoms with Gasteiger partial charge in [-0.25, -0.2) is 13.8 Å². The lowest BCUT2D eigenvalue weighted by atomic mass is 9.99. The molecule has 0 bridgehead atoms. The van der Waals surface area contributed by atoms with E-state index in [0.29, 0.717) is 0 Å². The van der Waals surface area contributed by atoms with Gasteiger partial charge >= 0.3 is 0 Å². The average molecular weight is 349 g/mol.